The Morgan fingerprint density at radius 2 is 2.08 bits per heavy atom. The van der Waals surface area contributed by atoms with Crippen molar-refractivity contribution in [1.82, 2.24) is 5.32 Å². The van der Waals surface area contributed by atoms with E-state index in [0.29, 0.717) is 29.5 Å². The van der Waals surface area contributed by atoms with Gasteiger partial charge in [0.25, 0.3) is 5.91 Å². The number of ether oxygens (including phenoxy) is 3. The summed E-state index contributed by atoms with van der Waals surface area (Å²) in [6, 6.07) is 14.4. The summed E-state index contributed by atoms with van der Waals surface area (Å²) in [5, 5.41) is 14.9. The van der Waals surface area contributed by atoms with Gasteiger partial charge in [-0.3, -0.25) is 4.79 Å². The van der Waals surface area contributed by atoms with Crippen LogP contribution in [0.25, 0.3) is 0 Å². The van der Waals surface area contributed by atoms with Crippen LogP contribution in [0.15, 0.2) is 54.2 Å². The van der Waals surface area contributed by atoms with Crippen LogP contribution in [0.2, 0.25) is 0 Å². The maximum absolute atomic E-state index is 12.3. The number of anilines is 1. The molecular formula is C19H17N3O4. The van der Waals surface area contributed by atoms with E-state index < -0.39 is 5.91 Å². The Kier molecular flexibility index (Phi) is 5.25. The molecule has 0 aromatic heterocycles. The maximum Gasteiger partial charge on any atom is 0.267 e. The number of rotatable bonds is 6. The number of benzene rings is 2. The number of carbonyl (C=O) groups is 1. The third-order valence-electron chi connectivity index (χ3n) is 3.71. The Morgan fingerprint density at radius 1 is 1.27 bits per heavy atom. The molecule has 7 heteroatoms. The van der Waals surface area contributed by atoms with Crippen molar-refractivity contribution in [1.29, 1.82) is 5.26 Å². The fourth-order valence-corrected chi connectivity index (χ4v) is 2.41. The molecule has 132 valence electrons. The van der Waals surface area contributed by atoms with Crippen LogP contribution in [0.3, 0.4) is 0 Å². The van der Waals surface area contributed by atoms with E-state index in [2.05, 4.69) is 10.6 Å². The van der Waals surface area contributed by atoms with E-state index in [1.165, 1.54) is 13.3 Å². The van der Waals surface area contributed by atoms with Crippen molar-refractivity contribution < 1.29 is 19.0 Å². The third kappa shape index (κ3) is 3.87. The highest BCUT2D eigenvalue weighted by Crippen LogP contribution is 2.32. The molecule has 26 heavy (non-hydrogen) atoms. The number of para-hydroxylation sites is 2. The molecule has 0 saturated carbocycles. The van der Waals surface area contributed by atoms with Gasteiger partial charge >= 0.3 is 0 Å². The van der Waals surface area contributed by atoms with Gasteiger partial charge < -0.3 is 24.8 Å². The number of fused-ring (bicyclic) bond motifs is 1. The summed E-state index contributed by atoms with van der Waals surface area (Å²) in [6.45, 7) is 0.650. The van der Waals surface area contributed by atoms with Gasteiger partial charge in [-0.15, -0.1) is 0 Å². The van der Waals surface area contributed by atoms with Crippen molar-refractivity contribution in [2.45, 2.75) is 6.54 Å². The first-order valence-electron chi connectivity index (χ1n) is 7.88. The van der Waals surface area contributed by atoms with Gasteiger partial charge in [0.1, 0.15) is 17.4 Å². The zero-order chi connectivity index (χ0) is 18.4. The van der Waals surface area contributed by atoms with Crippen LogP contribution in [-0.4, -0.2) is 19.8 Å². The molecule has 0 aliphatic carbocycles. The van der Waals surface area contributed by atoms with Gasteiger partial charge in [-0.05, 0) is 29.8 Å². The van der Waals surface area contributed by atoms with Crippen molar-refractivity contribution in [2.24, 2.45) is 0 Å². The van der Waals surface area contributed by atoms with Gasteiger partial charge in [-0.2, -0.15) is 5.26 Å². The molecule has 1 aliphatic heterocycles. The molecule has 0 spiro atoms. The van der Waals surface area contributed by atoms with E-state index in [-0.39, 0.29) is 12.4 Å². The number of hydrogen-bond donors (Lipinski definition) is 2. The number of methoxy groups -OCH3 is 1. The van der Waals surface area contributed by atoms with Gasteiger partial charge in [-0.25, -0.2) is 0 Å². The fourth-order valence-electron chi connectivity index (χ4n) is 2.41. The third-order valence-corrected chi connectivity index (χ3v) is 3.71. The van der Waals surface area contributed by atoms with Crippen LogP contribution in [0, 0.1) is 11.3 Å². The highest BCUT2D eigenvalue weighted by atomic mass is 16.7. The van der Waals surface area contributed by atoms with Crippen molar-refractivity contribution in [2.75, 3.05) is 19.2 Å². The van der Waals surface area contributed by atoms with Crippen molar-refractivity contribution >= 4 is 11.6 Å². The number of nitrogens with zero attached hydrogens (tertiary/aromatic N) is 1. The zero-order valence-electron chi connectivity index (χ0n) is 14.1. The lowest BCUT2D eigenvalue weighted by Gasteiger charge is -2.09. The SMILES string of the molecule is COc1ccccc1NC(=O)/C(C#N)=C\NCc1ccc2c(c1)OCO2. The minimum Gasteiger partial charge on any atom is -0.495 e. The van der Waals surface area contributed by atoms with Crippen LogP contribution < -0.4 is 24.8 Å². The topological polar surface area (TPSA) is 92.6 Å². The lowest BCUT2D eigenvalue weighted by molar-refractivity contribution is -0.112. The lowest BCUT2D eigenvalue weighted by atomic mass is 10.2. The molecule has 0 radical (unpaired) electrons. The minimum absolute atomic E-state index is 0.0448. The highest BCUT2D eigenvalue weighted by Gasteiger charge is 2.14. The average Bonchev–Trinajstić information content (AvgIpc) is 3.13. The molecule has 2 aromatic carbocycles. The predicted octanol–water partition coefficient (Wildman–Crippen LogP) is 2.56. The Balaban J connectivity index is 1.62. The summed E-state index contributed by atoms with van der Waals surface area (Å²) < 4.78 is 15.8. The first-order valence-corrected chi connectivity index (χ1v) is 7.88. The van der Waals surface area contributed by atoms with Gasteiger partial charge in [0, 0.05) is 12.7 Å². The quantitative estimate of drug-likeness (QED) is 0.614. The molecule has 3 rings (SSSR count). The fraction of sp³-hybridized carbons (Fsp3) is 0.158. The number of nitriles is 1. The minimum atomic E-state index is -0.518. The molecule has 0 fully saturated rings. The first-order chi connectivity index (χ1) is 12.7. The van der Waals surface area contributed by atoms with Crippen molar-refractivity contribution in [3.63, 3.8) is 0 Å². The molecule has 1 amide bonds. The second-order valence-electron chi connectivity index (χ2n) is 5.39. The Morgan fingerprint density at radius 3 is 2.88 bits per heavy atom. The van der Waals surface area contributed by atoms with E-state index in [0.717, 1.165) is 5.56 Å². The first kappa shape index (κ1) is 17.2. The van der Waals surface area contributed by atoms with Crippen molar-refractivity contribution in [3.05, 3.63) is 59.8 Å². The number of carbonyl (C=O) groups excluding carboxylic acids is 1. The Hall–Kier alpha value is -3.66. The number of nitrogens with one attached hydrogen (secondary N) is 2. The molecular weight excluding hydrogens is 334 g/mol. The van der Waals surface area contributed by atoms with Crippen LogP contribution in [0.4, 0.5) is 5.69 Å². The zero-order valence-corrected chi connectivity index (χ0v) is 14.1. The van der Waals surface area contributed by atoms with E-state index >= 15 is 0 Å². The normalized spacial score (nSPS) is 12.2. The summed E-state index contributed by atoms with van der Waals surface area (Å²) >= 11 is 0. The summed E-state index contributed by atoms with van der Waals surface area (Å²) in [7, 11) is 1.51. The Bertz CT molecular complexity index is 887. The van der Waals surface area contributed by atoms with Crippen LogP contribution in [0.1, 0.15) is 5.56 Å². The monoisotopic (exact) mass is 351 g/mol. The van der Waals surface area contributed by atoms with E-state index in [1.54, 1.807) is 24.3 Å². The van der Waals surface area contributed by atoms with Crippen molar-refractivity contribution in [3.8, 4) is 23.3 Å². The summed E-state index contributed by atoms with van der Waals surface area (Å²) in [5.74, 6) is 1.39. The summed E-state index contributed by atoms with van der Waals surface area (Å²) in [4.78, 5) is 12.3. The average molecular weight is 351 g/mol. The van der Waals surface area contributed by atoms with Gasteiger partial charge in [-0.1, -0.05) is 18.2 Å². The van der Waals surface area contributed by atoms with Gasteiger partial charge in [0.2, 0.25) is 6.79 Å². The van der Waals surface area contributed by atoms with E-state index in [9.17, 15) is 10.1 Å². The van der Waals surface area contributed by atoms with E-state index in [4.69, 9.17) is 14.2 Å². The van der Waals surface area contributed by atoms with Crippen LogP contribution in [0.5, 0.6) is 17.2 Å². The van der Waals surface area contributed by atoms with Gasteiger partial charge in [0.15, 0.2) is 11.5 Å². The molecule has 1 heterocycles. The van der Waals surface area contributed by atoms with E-state index in [1.807, 2.05) is 24.3 Å². The number of amides is 1. The smallest absolute Gasteiger partial charge is 0.267 e. The molecule has 0 bridgehead atoms. The number of hydrogen-bond acceptors (Lipinski definition) is 6. The van der Waals surface area contributed by atoms with Crippen LogP contribution >= 0.6 is 0 Å². The van der Waals surface area contributed by atoms with Gasteiger partial charge in [0.05, 0.1) is 12.8 Å². The predicted molar refractivity (Wildman–Crippen MR) is 94.7 cm³/mol. The lowest BCUT2D eigenvalue weighted by Crippen LogP contribution is -2.17. The second kappa shape index (κ2) is 7.94. The molecule has 2 aromatic rings. The maximum atomic E-state index is 12.3. The molecule has 1 aliphatic rings. The van der Waals surface area contributed by atoms with Crippen LogP contribution in [-0.2, 0) is 11.3 Å². The second-order valence-corrected chi connectivity index (χ2v) is 5.39. The Labute approximate surface area is 150 Å². The largest absolute Gasteiger partial charge is 0.495 e. The molecule has 2 N–H and O–H groups in total. The summed E-state index contributed by atoms with van der Waals surface area (Å²) in [5.41, 5.74) is 1.39. The standard InChI is InChI=1S/C19H17N3O4/c1-24-16-5-3-2-4-15(16)22-19(23)14(9-20)11-21-10-13-6-7-17-18(8-13)26-12-25-17/h2-8,11,21H,10,12H2,1H3,(H,22,23)/b14-11-. The molecule has 0 saturated heterocycles. The molecule has 0 unspecified atom stereocenters. The molecule has 0 atom stereocenters. The summed E-state index contributed by atoms with van der Waals surface area (Å²) in [6.07, 6.45) is 1.38. The highest BCUT2D eigenvalue weighted by molar-refractivity contribution is 6.07. The molecule has 7 nitrogen and oxygen atoms in total.